The zero-order chi connectivity index (χ0) is 17.6. The monoisotopic (exact) mass is 378 g/mol. The molecule has 1 aromatic heterocycles. The molecule has 0 saturated carbocycles. The molecule has 0 spiro atoms. The minimum atomic E-state index is 0.197. The third kappa shape index (κ3) is 4.76. The lowest BCUT2D eigenvalue weighted by atomic mass is 10.1. The van der Waals surface area contributed by atoms with Gasteiger partial charge in [-0.2, -0.15) is 0 Å². The summed E-state index contributed by atoms with van der Waals surface area (Å²) in [5.41, 5.74) is 0.960. The fraction of sp³-hybridized carbons (Fsp3) is 0.500. The maximum atomic E-state index is 12.5. The van der Waals surface area contributed by atoms with E-state index in [9.17, 15) is 4.79 Å². The predicted octanol–water partition coefficient (Wildman–Crippen LogP) is 4.02. The summed E-state index contributed by atoms with van der Waals surface area (Å²) in [5, 5.41) is 9.94. The SMILES string of the molecule is Cn1c(SCC(=O)N2CCCCCCC2)nnc1-c1ccc(Cl)cc1. The van der Waals surface area contributed by atoms with Gasteiger partial charge >= 0.3 is 0 Å². The number of thioether (sulfide) groups is 1. The number of likely N-dealkylation sites (tertiary alicyclic amines) is 1. The van der Waals surface area contributed by atoms with E-state index in [1.165, 1.54) is 31.0 Å². The Morgan fingerprint density at radius 3 is 2.40 bits per heavy atom. The van der Waals surface area contributed by atoms with E-state index < -0.39 is 0 Å². The van der Waals surface area contributed by atoms with Crippen LogP contribution in [0.25, 0.3) is 11.4 Å². The molecule has 0 radical (unpaired) electrons. The first-order valence-electron chi connectivity index (χ1n) is 8.71. The Kier molecular flexibility index (Phi) is 6.37. The summed E-state index contributed by atoms with van der Waals surface area (Å²) in [6, 6.07) is 7.52. The van der Waals surface area contributed by atoms with Gasteiger partial charge in [-0.3, -0.25) is 4.79 Å². The summed E-state index contributed by atoms with van der Waals surface area (Å²) in [4.78, 5) is 14.5. The first kappa shape index (κ1) is 18.3. The van der Waals surface area contributed by atoms with E-state index in [0.29, 0.717) is 10.8 Å². The normalized spacial score (nSPS) is 15.7. The molecule has 5 nitrogen and oxygen atoms in total. The number of carbonyl (C=O) groups excluding carboxylic acids is 1. The van der Waals surface area contributed by atoms with Crippen LogP contribution in [-0.2, 0) is 11.8 Å². The van der Waals surface area contributed by atoms with Crippen LogP contribution >= 0.6 is 23.4 Å². The smallest absolute Gasteiger partial charge is 0.233 e. The maximum absolute atomic E-state index is 12.5. The van der Waals surface area contributed by atoms with Crippen LogP contribution in [0.2, 0.25) is 5.02 Å². The number of benzene rings is 1. The van der Waals surface area contributed by atoms with Crippen LogP contribution in [0.4, 0.5) is 0 Å². The standard InChI is InChI=1S/C18H23ClN4OS/c1-22-17(14-7-9-15(19)10-8-14)20-21-18(22)25-13-16(24)23-11-5-3-2-4-6-12-23/h7-10H,2-6,11-13H2,1H3. The molecule has 0 bridgehead atoms. The Balaban J connectivity index is 1.61. The molecular formula is C18H23ClN4OS. The molecule has 2 aromatic rings. The molecule has 134 valence electrons. The van der Waals surface area contributed by atoms with Crippen LogP contribution < -0.4 is 0 Å². The van der Waals surface area contributed by atoms with Crippen molar-refractivity contribution >= 4 is 29.3 Å². The highest BCUT2D eigenvalue weighted by atomic mass is 35.5. The Labute approximate surface area is 157 Å². The van der Waals surface area contributed by atoms with Crippen LogP contribution in [0.15, 0.2) is 29.4 Å². The lowest BCUT2D eigenvalue weighted by molar-refractivity contribution is -0.128. The van der Waals surface area contributed by atoms with Gasteiger partial charge in [-0.25, -0.2) is 0 Å². The average Bonchev–Trinajstić information content (AvgIpc) is 2.94. The van der Waals surface area contributed by atoms with Crippen molar-refractivity contribution in [2.75, 3.05) is 18.8 Å². The largest absolute Gasteiger partial charge is 0.342 e. The highest BCUT2D eigenvalue weighted by Gasteiger charge is 2.17. The van der Waals surface area contributed by atoms with Crippen molar-refractivity contribution in [3.63, 3.8) is 0 Å². The molecule has 1 aliphatic rings. The van der Waals surface area contributed by atoms with E-state index in [1.807, 2.05) is 40.8 Å². The molecule has 25 heavy (non-hydrogen) atoms. The molecule has 0 unspecified atom stereocenters. The Bertz CT molecular complexity index is 708. The Morgan fingerprint density at radius 1 is 1.08 bits per heavy atom. The summed E-state index contributed by atoms with van der Waals surface area (Å²) >= 11 is 7.39. The molecule has 1 aliphatic heterocycles. The second-order valence-electron chi connectivity index (χ2n) is 6.31. The fourth-order valence-corrected chi connectivity index (χ4v) is 3.95. The molecule has 1 saturated heterocycles. The van der Waals surface area contributed by atoms with Gasteiger partial charge in [0.15, 0.2) is 11.0 Å². The molecule has 7 heteroatoms. The summed E-state index contributed by atoms with van der Waals surface area (Å²) < 4.78 is 1.93. The van der Waals surface area contributed by atoms with Gasteiger partial charge in [-0.05, 0) is 37.1 Å². The number of rotatable bonds is 4. The minimum Gasteiger partial charge on any atom is -0.342 e. The number of hydrogen-bond donors (Lipinski definition) is 0. The van der Waals surface area contributed by atoms with Gasteiger partial charge in [0, 0.05) is 30.7 Å². The van der Waals surface area contributed by atoms with Crippen molar-refractivity contribution < 1.29 is 4.79 Å². The summed E-state index contributed by atoms with van der Waals surface area (Å²) in [7, 11) is 1.92. The molecule has 3 rings (SSSR count). The number of nitrogens with zero attached hydrogens (tertiary/aromatic N) is 4. The van der Waals surface area contributed by atoms with Crippen LogP contribution in [0.3, 0.4) is 0 Å². The topological polar surface area (TPSA) is 51.0 Å². The van der Waals surface area contributed by atoms with E-state index in [-0.39, 0.29) is 5.91 Å². The van der Waals surface area contributed by atoms with E-state index >= 15 is 0 Å². The van der Waals surface area contributed by atoms with Crippen molar-refractivity contribution in [3.05, 3.63) is 29.3 Å². The van der Waals surface area contributed by atoms with Crippen molar-refractivity contribution in [2.45, 2.75) is 37.3 Å². The van der Waals surface area contributed by atoms with Crippen molar-refractivity contribution in [2.24, 2.45) is 7.05 Å². The summed E-state index contributed by atoms with van der Waals surface area (Å²) in [5.74, 6) is 1.38. The first-order valence-corrected chi connectivity index (χ1v) is 10.1. The number of carbonyl (C=O) groups is 1. The average molecular weight is 379 g/mol. The second kappa shape index (κ2) is 8.72. The second-order valence-corrected chi connectivity index (χ2v) is 7.69. The third-order valence-corrected chi connectivity index (χ3v) is 5.73. The van der Waals surface area contributed by atoms with Crippen LogP contribution in [-0.4, -0.2) is 44.4 Å². The zero-order valence-corrected chi connectivity index (χ0v) is 16.0. The van der Waals surface area contributed by atoms with Crippen LogP contribution in [0, 0.1) is 0 Å². The lowest BCUT2D eigenvalue weighted by Gasteiger charge is -2.24. The van der Waals surface area contributed by atoms with E-state index in [2.05, 4.69) is 10.2 Å². The molecule has 0 aliphatic carbocycles. The van der Waals surface area contributed by atoms with Crippen LogP contribution in [0.1, 0.15) is 32.1 Å². The van der Waals surface area contributed by atoms with E-state index in [0.717, 1.165) is 42.5 Å². The molecule has 0 atom stereocenters. The molecule has 1 amide bonds. The maximum Gasteiger partial charge on any atom is 0.233 e. The summed E-state index contributed by atoms with van der Waals surface area (Å²) in [6.07, 6.45) is 5.97. The summed E-state index contributed by atoms with van der Waals surface area (Å²) in [6.45, 7) is 1.77. The number of amides is 1. The number of hydrogen-bond acceptors (Lipinski definition) is 4. The highest BCUT2D eigenvalue weighted by molar-refractivity contribution is 7.99. The van der Waals surface area contributed by atoms with Gasteiger partial charge in [-0.1, -0.05) is 42.6 Å². The molecule has 0 N–H and O–H groups in total. The molecule has 1 aromatic carbocycles. The molecule has 2 heterocycles. The van der Waals surface area contributed by atoms with Crippen molar-refractivity contribution in [1.29, 1.82) is 0 Å². The fourth-order valence-electron chi connectivity index (χ4n) is 3.01. The van der Waals surface area contributed by atoms with Gasteiger partial charge in [0.25, 0.3) is 0 Å². The van der Waals surface area contributed by atoms with Gasteiger partial charge in [0.2, 0.25) is 5.91 Å². The van der Waals surface area contributed by atoms with Crippen molar-refractivity contribution in [1.82, 2.24) is 19.7 Å². The van der Waals surface area contributed by atoms with Gasteiger partial charge in [0.05, 0.1) is 5.75 Å². The van der Waals surface area contributed by atoms with Crippen molar-refractivity contribution in [3.8, 4) is 11.4 Å². The molecular weight excluding hydrogens is 356 g/mol. The number of halogens is 1. The Morgan fingerprint density at radius 2 is 1.72 bits per heavy atom. The van der Waals surface area contributed by atoms with E-state index in [1.54, 1.807) is 0 Å². The molecule has 1 fully saturated rings. The van der Waals surface area contributed by atoms with Gasteiger partial charge in [-0.15, -0.1) is 10.2 Å². The van der Waals surface area contributed by atoms with Crippen LogP contribution in [0.5, 0.6) is 0 Å². The third-order valence-electron chi connectivity index (χ3n) is 4.47. The lowest BCUT2D eigenvalue weighted by Crippen LogP contribution is -2.35. The van der Waals surface area contributed by atoms with Gasteiger partial charge in [0.1, 0.15) is 0 Å². The highest BCUT2D eigenvalue weighted by Crippen LogP contribution is 2.24. The zero-order valence-electron chi connectivity index (χ0n) is 14.4. The Hall–Kier alpha value is -1.53. The predicted molar refractivity (Wildman–Crippen MR) is 102 cm³/mol. The van der Waals surface area contributed by atoms with E-state index in [4.69, 9.17) is 11.6 Å². The number of aromatic nitrogens is 3. The first-order chi connectivity index (χ1) is 12.1. The quantitative estimate of drug-likeness (QED) is 0.754. The van der Waals surface area contributed by atoms with Gasteiger partial charge < -0.3 is 9.47 Å². The minimum absolute atomic E-state index is 0.197.